The van der Waals surface area contributed by atoms with Gasteiger partial charge >= 0.3 is 10.1 Å². The number of hydrogen-bond acceptors (Lipinski definition) is 4. The molecular weight excluding hydrogens is 276 g/mol. The smallest absolute Gasteiger partial charge is 0.320 e. The van der Waals surface area contributed by atoms with E-state index in [1.807, 2.05) is 0 Å². The second-order valence-corrected chi connectivity index (χ2v) is 6.25. The Morgan fingerprint density at radius 3 is 2.55 bits per heavy atom. The van der Waals surface area contributed by atoms with Gasteiger partial charge in [-0.3, -0.25) is 4.79 Å². The highest BCUT2D eigenvalue weighted by molar-refractivity contribution is 7.88. The van der Waals surface area contributed by atoms with Crippen molar-refractivity contribution in [3.63, 3.8) is 0 Å². The highest BCUT2D eigenvalue weighted by Crippen LogP contribution is 2.37. The van der Waals surface area contributed by atoms with E-state index in [1.165, 1.54) is 0 Å². The summed E-state index contributed by atoms with van der Waals surface area (Å²) in [5.41, 5.74) is 0.372. The lowest BCUT2D eigenvalue weighted by Gasteiger charge is -2.10. The first-order valence-corrected chi connectivity index (χ1v) is 7.64. The van der Waals surface area contributed by atoms with Crippen LogP contribution >= 0.6 is 0 Å². The average Bonchev–Trinajstić information content (AvgIpc) is 2.57. The third-order valence-electron chi connectivity index (χ3n) is 3.30. The zero-order chi connectivity index (χ0) is 14.2. The molecule has 0 saturated carbocycles. The maximum Gasteiger partial charge on any atom is 0.320 e. The number of allylic oxidation sites excluding steroid dienone is 5. The average molecular weight is 288 g/mol. The van der Waals surface area contributed by atoms with Gasteiger partial charge in [-0.15, -0.1) is 0 Å². The number of carbonyl (C=O) groups excluding carboxylic acids is 1. The highest BCUT2D eigenvalue weighted by atomic mass is 32.2. The number of Topliss-reactive ketones (excluding diaryl/α,β-unsaturated/α-hetero) is 1. The molecule has 1 saturated heterocycles. The Bertz CT molecular complexity index is 726. The normalized spacial score (nSPS) is 26.3. The third-order valence-corrected chi connectivity index (χ3v) is 4.85. The van der Waals surface area contributed by atoms with E-state index in [4.69, 9.17) is 4.18 Å². The van der Waals surface area contributed by atoms with E-state index in [0.29, 0.717) is 11.3 Å². The molecule has 1 aromatic carbocycles. The number of hydrogen-bond donors (Lipinski definition) is 0. The van der Waals surface area contributed by atoms with Crippen molar-refractivity contribution in [2.24, 2.45) is 5.92 Å². The Kier molecular flexibility index (Phi) is 3.06. The van der Waals surface area contributed by atoms with Crippen LogP contribution in [0.25, 0.3) is 0 Å². The maximum atomic E-state index is 12.5. The molecule has 0 aromatic heterocycles. The van der Waals surface area contributed by atoms with Crippen molar-refractivity contribution in [2.45, 2.75) is 5.25 Å². The number of rotatable bonds is 2. The Morgan fingerprint density at radius 1 is 1.05 bits per heavy atom. The molecule has 2 aliphatic rings. The first-order valence-electron chi connectivity index (χ1n) is 6.17. The summed E-state index contributed by atoms with van der Waals surface area (Å²) in [5.74, 6) is -0.711. The first-order chi connectivity index (χ1) is 9.59. The van der Waals surface area contributed by atoms with Crippen LogP contribution in [0.5, 0.6) is 0 Å². The molecule has 0 radical (unpaired) electrons. The van der Waals surface area contributed by atoms with Crippen LogP contribution in [0.15, 0.2) is 66.5 Å². The van der Waals surface area contributed by atoms with E-state index in [2.05, 4.69) is 0 Å². The van der Waals surface area contributed by atoms with Gasteiger partial charge in [-0.05, 0) is 6.08 Å². The van der Waals surface area contributed by atoms with Crippen molar-refractivity contribution < 1.29 is 17.4 Å². The van der Waals surface area contributed by atoms with Crippen LogP contribution in [0.4, 0.5) is 0 Å². The number of fused-ring (bicyclic) bond motifs is 1. The molecule has 3 rings (SSSR count). The summed E-state index contributed by atoms with van der Waals surface area (Å²) in [5, 5.41) is -1.22. The molecule has 1 fully saturated rings. The minimum atomic E-state index is -3.94. The van der Waals surface area contributed by atoms with Crippen LogP contribution in [0.1, 0.15) is 10.4 Å². The van der Waals surface area contributed by atoms with Gasteiger partial charge in [-0.25, -0.2) is 0 Å². The van der Waals surface area contributed by atoms with Crippen molar-refractivity contribution in [2.75, 3.05) is 0 Å². The molecule has 1 heterocycles. The molecular formula is C15H12O4S. The van der Waals surface area contributed by atoms with Crippen molar-refractivity contribution in [3.8, 4) is 0 Å². The zero-order valence-corrected chi connectivity index (χ0v) is 11.3. The lowest BCUT2D eigenvalue weighted by Crippen LogP contribution is -2.31. The molecule has 0 spiro atoms. The van der Waals surface area contributed by atoms with Crippen LogP contribution in [0.2, 0.25) is 0 Å². The zero-order valence-electron chi connectivity index (χ0n) is 10.5. The van der Waals surface area contributed by atoms with Crippen molar-refractivity contribution in [3.05, 3.63) is 72.0 Å². The van der Waals surface area contributed by atoms with E-state index in [0.717, 1.165) is 0 Å². The Labute approximate surface area is 117 Å². The van der Waals surface area contributed by atoms with Crippen LogP contribution in [-0.2, 0) is 14.3 Å². The molecule has 4 nitrogen and oxygen atoms in total. The minimum Gasteiger partial charge on any atom is -0.386 e. The predicted molar refractivity (Wildman–Crippen MR) is 74.4 cm³/mol. The second-order valence-electron chi connectivity index (χ2n) is 4.59. The summed E-state index contributed by atoms with van der Waals surface area (Å²) < 4.78 is 29.2. The predicted octanol–water partition coefficient (Wildman–Crippen LogP) is 2.22. The third kappa shape index (κ3) is 2.10. The summed E-state index contributed by atoms with van der Waals surface area (Å²) in [6.45, 7) is 0. The van der Waals surface area contributed by atoms with Gasteiger partial charge in [-0.1, -0.05) is 54.6 Å². The Morgan fingerprint density at radius 2 is 1.80 bits per heavy atom. The Hall–Kier alpha value is -2.14. The summed E-state index contributed by atoms with van der Waals surface area (Å²) in [6.07, 6.45) is 8.46. The van der Waals surface area contributed by atoms with Gasteiger partial charge in [0.15, 0.2) is 11.0 Å². The molecule has 0 N–H and O–H groups in total. The fourth-order valence-corrected chi connectivity index (χ4v) is 3.88. The summed E-state index contributed by atoms with van der Waals surface area (Å²) in [6, 6.07) is 8.40. The van der Waals surface area contributed by atoms with Gasteiger partial charge in [0, 0.05) is 5.56 Å². The van der Waals surface area contributed by atoms with Crippen LogP contribution < -0.4 is 0 Å². The van der Waals surface area contributed by atoms with E-state index >= 15 is 0 Å². The molecule has 102 valence electrons. The van der Waals surface area contributed by atoms with Crippen molar-refractivity contribution in [1.82, 2.24) is 0 Å². The van der Waals surface area contributed by atoms with Crippen molar-refractivity contribution in [1.29, 1.82) is 0 Å². The monoisotopic (exact) mass is 288 g/mol. The van der Waals surface area contributed by atoms with E-state index in [9.17, 15) is 13.2 Å². The van der Waals surface area contributed by atoms with E-state index in [1.54, 1.807) is 60.7 Å². The van der Waals surface area contributed by atoms with Crippen LogP contribution in [0.3, 0.4) is 0 Å². The fraction of sp³-hybridized carbons (Fsp3) is 0.133. The molecule has 1 aliphatic carbocycles. The summed E-state index contributed by atoms with van der Waals surface area (Å²) >= 11 is 0. The topological polar surface area (TPSA) is 60.4 Å². The first kappa shape index (κ1) is 12.9. The lowest BCUT2D eigenvalue weighted by atomic mass is 9.95. The van der Waals surface area contributed by atoms with Gasteiger partial charge in [-0.2, -0.15) is 8.42 Å². The number of benzene rings is 1. The molecule has 20 heavy (non-hydrogen) atoms. The van der Waals surface area contributed by atoms with E-state index < -0.39 is 27.1 Å². The number of carbonyl (C=O) groups is 1. The van der Waals surface area contributed by atoms with Crippen molar-refractivity contribution >= 4 is 15.9 Å². The standard InChI is InChI=1S/C15H12O4S/c16-14(11-7-3-1-4-8-11)15-12-9-5-2-6-10-13(12)19-20(15,17)18/h1-10,12,15H/t12-,15+/m0/s1. The molecule has 1 aromatic rings. The van der Waals surface area contributed by atoms with Gasteiger partial charge in [0.1, 0.15) is 5.76 Å². The molecule has 0 unspecified atom stereocenters. The lowest BCUT2D eigenvalue weighted by molar-refractivity contribution is 0.0980. The highest BCUT2D eigenvalue weighted by Gasteiger charge is 2.49. The van der Waals surface area contributed by atoms with Crippen LogP contribution in [-0.4, -0.2) is 19.5 Å². The number of ketones is 1. The molecule has 5 heteroatoms. The second kappa shape index (κ2) is 4.76. The maximum absolute atomic E-state index is 12.5. The van der Waals surface area contributed by atoms with Gasteiger partial charge in [0.25, 0.3) is 0 Å². The molecule has 0 bridgehead atoms. The van der Waals surface area contributed by atoms with Gasteiger partial charge in [0.05, 0.1) is 5.92 Å². The quantitative estimate of drug-likeness (QED) is 0.618. The minimum absolute atomic E-state index is 0.296. The summed E-state index contributed by atoms with van der Waals surface area (Å²) in [7, 11) is -3.94. The molecule has 2 atom stereocenters. The van der Waals surface area contributed by atoms with E-state index in [-0.39, 0.29) is 0 Å². The van der Waals surface area contributed by atoms with Gasteiger partial charge < -0.3 is 4.18 Å². The largest absolute Gasteiger partial charge is 0.386 e. The molecule has 1 aliphatic heterocycles. The molecule has 0 amide bonds. The fourth-order valence-electron chi connectivity index (χ4n) is 2.36. The van der Waals surface area contributed by atoms with Crippen LogP contribution in [0, 0.1) is 5.92 Å². The Balaban J connectivity index is 2.06. The summed E-state index contributed by atoms with van der Waals surface area (Å²) in [4.78, 5) is 12.5. The van der Waals surface area contributed by atoms with Gasteiger partial charge in [0.2, 0.25) is 0 Å². The SMILES string of the molecule is O=C(c1ccccc1)[C@H]1[C@H]2C=CC=CC=C2OS1(=O)=O.